The summed E-state index contributed by atoms with van der Waals surface area (Å²) in [6.07, 6.45) is 5.67. The Morgan fingerprint density at radius 2 is 1.13 bits per heavy atom. The smallest absolute Gasteiger partial charge is 0.0845 e. The first-order chi connectivity index (χ1) is 15.2. The average Bonchev–Trinajstić information content (AvgIpc) is 2.80. The van der Waals surface area contributed by atoms with E-state index in [2.05, 4.69) is 85.9 Å². The van der Waals surface area contributed by atoms with Crippen LogP contribution in [-0.2, 0) is 0 Å². The van der Waals surface area contributed by atoms with Crippen molar-refractivity contribution in [3.8, 4) is 0 Å². The molecule has 0 amide bonds. The van der Waals surface area contributed by atoms with Crippen LogP contribution in [0.3, 0.4) is 0 Å². The third-order valence-corrected chi connectivity index (χ3v) is 5.81. The number of aromatic nitrogens is 1. The van der Waals surface area contributed by atoms with E-state index in [1.54, 1.807) is 0 Å². The summed E-state index contributed by atoms with van der Waals surface area (Å²) in [5, 5.41) is 3.91. The van der Waals surface area contributed by atoms with E-state index in [1.165, 1.54) is 11.1 Å². The maximum Gasteiger partial charge on any atom is 0.0845 e. The minimum absolute atomic E-state index is 0.220. The molecule has 2 atom stereocenters. The zero-order valence-electron chi connectivity index (χ0n) is 18.3. The summed E-state index contributed by atoms with van der Waals surface area (Å²) in [4.78, 5) is 14.2. The minimum atomic E-state index is 0.220. The number of nitrogens with zero attached hydrogens (tertiary/aromatic N) is 3. The second kappa shape index (κ2) is 10.3. The Labute approximate surface area is 185 Å². The van der Waals surface area contributed by atoms with Crippen LogP contribution in [0.5, 0.6) is 0 Å². The largest absolute Gasteiger partial charge is 0.303 e. The summed E-state index contributed by atoms with van der Waals surface area (Å²) in [6.45, 7) is 5.66. The minimum Gasteiger partial charge on any atom is -0.303 e. The van der Waals surface area contributed by atoms with Gasteiger partial charge in [0.25, 0.3) is 0 Å². The van der Waals surface area contributed by atoms with Crippen molar-refractivity contribution in [3.63, 3.8) is 0 Å². The maximum atomic E-state index is 4.80. The van der Waals surface area contributed by atoms with Gasteiger partial charge in [-0.15, -0.1) is 0 Å². The third kappa shape index (κ3) is 5.53. The van der Waals surface area contributed by atoms with Crippen LogP contribution in [0.1, 0.15) is 58.6 Å². The third-order valence-electron chi connectivity index (χ3n) is 5.81. The molecule has 158 valence electrons. The van der Waals surface area contributed by atoms with Gasteiger partial charge >= 0.3 is 0 Å². The number of nitrogens with one attached hydrogen (secondary N) is 1. The van der Waals surface area contributed by atoms with Gasteiger partial charge < -0.3 is 5.32 Å². The monoisotopic (exact) mass is 410 g/mol. The highest BCUT2D eigenvalue weighted by Gasteiger charge is 2.18. The fraction of sp³-hybridized carbons (Fsp3) is 0.296. The molecule has 1 aromatic heterocycles. The molecule has 2 unspecified atom stereocenters. The lowest BCUT2D eigenvalue weighted by Gasteiger charge is -2.26. The number of aryl methyl sites for hydroxylation is 2. The zero-order valence-corrected chi connectivity index (χ0v) is 18.3. The zero-order chi connectivity index (χ0) is 21.5. The van der Waals surface area contributed by atoms with E-state index in [-0.39, 0.29) is 12.1 Å². The van der Waals surface area contributed by atoms with Gasteiger partial charge in [0.15, 0.2) is 0 Å². The summed E-state index contributed by atoms with van der Waals surface area (Å²) in [6, 6.07) is 24.0. The summed E-state index contributed by atoms with van der Waals surface area (Å²) in [5.74, 6) is 0. The Kier molecular flexibility index (Phi) is 7.00. The van der Waals surface area contributed by atoms with Crippen LogP contribution >= 0.6 is 0 Å². The highest BCUT2D eigenvalue weighted by Crippen LogP contribution is 2.25. The highest BCUT2D eigenvalue weighted by atomic mass is 15.0. The van der Waals surface area contributed by atoms with Crippen LogP contribution < -0.4 is 5.32 Å². The number of hydrogen-bond acceptors (Lipinski definition) is 4. The van der Waals surface area contributed by atoms with E-state index in [0.717, 1.165) is 48.4 Å². The second-order valence-corrected chi connectivity index (χ2v) is 8.13. The Morgan fingerprint density at radius 1 is 0.677 bits per heavy atom. The van der Waals surface area contributed by atoms with Crippen molar-refractivity contribution in [1.82, 2.24) is 10.3 Å². The number of hydrogen-bond donors (Lipinski definition) is 1. The van der Waals surface area contributed by atoms with Crippen molar-refractivity contribution >= 4 is 12.4 Å². The molecular formula is C27H30N4. The van der Waals surface area contributed by atoms with Crippen LogP contribution in [0.2, 0.25) is 0 Å². The number of fused-ring (bicyclic) bond motifs is 2. The fourth-order valence-corrected chi connectivity index (χ4v) is 4.06. The van der Waals surface area contributed by atoms with Crippen molar-refractivity contribution in [1.29, 1.82) is 0 Å². The van der Waals surface area contributed by atoms with Gasteiger partial charge in [0.05, 0.1) is 11.4 Å². The number of benzene rings is 2. The van der Waals surface area contributed by atoms with Crippen LogP contribution in [0.15, 0.2) is 76.7 Å². The van der Waals surface area contributed by atoms with Gasteiger partial charge in [-0.3, -0.25) is 9.98 Å². The predicted octanol–water partition coefficient (Wildman–Crippen LogP) is 5.40. The van der Waals surface area contributed by atoms with E-state index in [9.17, 15) is 0 Å². The number of aliphatic imine (C=N–C) groups is 2. The molecule has 4 heteroatoms. The van der Waals surface area contributed by atoms with Crippen LogP contribution in [0, 0.1) is 13.8 Å². The van der Waals surface area contributed by atoms with Crippen molar-refractivity contribution in [2.24, 2.45) is 9.98 Å². The fourth-order valence-electron chi connectivity index (χ4n) is 4.06. The van der Waals surface area contributed by atoms with Gasteiger partial charge in [-0.05, 0) is 48.9 Å². The molecule has 0 saturated heterocycles. The Morgan fingerprint density at radius 3 is 1.58 bits per heavy atom. The molecule has 4 rings (SSSR count). The average molecular weight is 411 g/mol. The molecular weight excluding hydrogens is 380 g/mol. The lowest BCUT2D eigenvalue weighted by atomic mass is 9.98. The van der Waals surface area contributed by atoms with Crippen molar-refractivity contribution in [3.05, 3.63) is 100 Å². The molecule has 2 bridgehead atoms. The van der Waals surface area contributed by atoms with E-state index >= 15 is 0 Å². The Bertz CT molecular complexity index is 961. The standard InChI is InChI=1S/C27H30N4/c1-20-17-21(2)27-19-29-16-14-25(23-11-7-4-8-12-23)30-24(22-9-5-3-6-10-22)13-15-28-18-26(20)31-27/h3-12,17-19,24-25,30H,13-16H2,1-2H3. The molecule has 2 heterocycles. The molecule has 0 fully saturated rings. The van der Waals surface area contributed by atoms with Crippen molar-refractivity contribution in [2.45, 2.75) is 38.8 Å². The second-order valence-electron chi connectivity index (χ2n) is 8.13. The molecule has 1 aliphatic heterocycles. The summed E-state index contributed by atoms with van der Waals surface area (Å²) < 4.78 is 0. The first-order valence-electron chi connectivity index (χ1n) is 11.0. The Balaban J connectivity index is 1.67. The maximum absolute atomic E-state index is 4.80. The SMILES string of the molecule is Cc1cc(C)c2nc1C=NCCC(c1ccccc1)NC(c1ccccc1)CCN=C2. The van der Waals surface area contributed by atoms with Gasteiger partial charge in [0, 0.05) is 37.6 Å². The summed E-state index contributed by atoms with van der Waals surface area (Å²) >= 11 is 0. The summed E-state index contributed by atoms with van der Waals surface area (Å²) in [5.41, 5.74) is 6.73. The van der Waals surface area contributed by atoms with E-state index in [0.29, 0.717) is 0 Å². The highest BCUT2D eigenvalue weighted by molar-refractivity contribution is 5.84. The van der Waals surface area contributed by atoms with Crippen LogP contribution in [0.25, 0.3) is 0 Å². The number of pyridine rings is 1. The normalized spacial score (nSPS) is 19.7. The molecule has 31 heavy (non-hydrogen) atoms. The van der Waals surface area contributed by atoms with Gasteiger partial charge in [0.1, 0.15) is 0 Å². The molecule has 0 spiro atoms. The van der Waals surface area contributed by atoms with Gasteiger partial charge in [-0.2, -0.15) is 0 Å². The first kappa shape index (κ1) is 21.1. The quantitative estimate of drug-likeness (QED) is 0.615. The topological polar surface area (TPSA) is 49.6 Å². The molecule has 0 saturated carbocycles. The lowest BCUT2D eigenvalue weighted by molar-refractivity contribution is 0.413. The molecule has 1 N–H and O–H groups in total. The molecule has 4 nitrogen and oxygen atoms in total. The van der Waals surface area contributed by atoms with Gasteiger partial charge in [-0.1, -0.05) is 66.7 Å². The molecule has 3 aromatic rings. The lowest BCUT2D eigenvalue weighted by Crippen LogP contribution is -2.28. The molecule has 1 aliphatic rings. The van der Waals surface area contributed by atoms with Gasteiger partial charge in [-0.25, -0.2) is 4.98 Å². The summed E-state index contributed by atoms with van der Waals surface area (Å²) in [7, 11) is 0. The van der Waals surface area contributed by atoms with E-state index in [1.807, 2.05) is 12.4 Å². The van der Waals surface area contributed by atoms with E-state index in [4.69, 9.17) is 15.0 Å². The van der Waals surface area contributed by atoms with Gasteiger partial charge in [0.2, 0.25) is 0 Å². The Hall–Kier alpha value is -3.11. The predicted molar refractivity (Wildman–Crippen MR) is 129 cm³/mol. The van der Waals surface area contributed by atoms with E-state index < -0.39 is 0 Å². The molecule has 0 radical (unpaired) electrons. The van der Waals surface area contributed by atoms with Crippen molar-refractivity contribution in [2.75, 3.05) is 13.1 Å². The van der Waals surface area contributed by atoms with Crippen LogP contribution in [-0.4, -0.2) is 30.5 Å². The number of rotatable bonds is 2. The van der Waals surface area contributed by atoms with Crippen LogP contribution in [0.4, 0.5) is 0 Å². The first-order valence-corrected chi connectivity index (χ1v) is 11.0. The van der Waals surface area contributed by atoms with Crippen molar-refractivity contribution < 1.29 is 0 Å². The molecule has 0 aliphatic carbocycles. The molecule has 2 aromatic carbocycles.